The lowest BCUT2D eigenvalue weighted by Crippen LogP contribution is -2.06. The second-order valence-corrected chi connectivity index (χ2v) is 3.44. The summed E-state index contributed by atoms with van der Waals surface area (Å²) in [5, 5.41) is -0.473. The molecule has 16 heavy (non-hydrogen) atoms. The summed E-state index contributed by atoms with van der Waals surface area (Å²) in [7, 11) is 0. The van der Waals surface area contributed by atoms with Gasteiger partial charge in [0.2, 0.25) is 5.22 Å². The predicted octanol–water partition coefficient (Wildman–Crippen LogP) is 3.28. The van der Waals surface area contributed by atoms with Crippen LogP contribution in [0.5, 0.6) is 5.75 Å². The molecule has 0 bridgehead atoms. The number of para-hydroxylation sites is 1. The van der Waals surface area contributed by atoms with E-state index in [0.29, 0.717) is 5.75 Å². The fourth-order valence-corrected chi connectivity index (χ4v) is 1.17. The van der Waals surface area contributed by atoms with Crippen LogP contribution in [0.4, 0.5) is 0 Å². The SMILES string of the molecule is CCOC(=O)/C(Cl)=C(\Cl)Oc1ccccc1. The van der Waals surface area contributed by atoms with Crippen molar-refractivity contribution in [2.75, 3.05) is 6.61 Å². The number of ether oxygens (including phenoxy) is 2. The van der Waals surface area contributed by atoms with Crippen molar-refractivity contribution < 1.29 is 14.3 Å². The molecule has 0 aromatic heterocycles. The fourth-order valence-electron chi connectivity index (χ4n) is 0.912. The number of rotatable bonds is 4. The highest BCUT2D eigenvalue weighted by atomic mass is 35.5. The Hall–Kier alpha value is -1.19. The molecule has 0 spiro atoms. The van der Waals surface area contributed by atoms with E-state index in [-0.39, 0.29) is 16.9 Å². The first kappa shape index (κ1) is 12.9. The van der Waals surface area contributed by atoms with E-state index in [4.69, 9.17) is 27.9 Å². The first-order valence-corrected chi connectivity index (χ1v) is 5.36. The summed E-state index contributed by atoms with van der Waals surface area (Å²) >= 11 is 11.4. The number of hydrogen-bond donors (Lipinski definition) is 0. The van der Waals surface area contributed by atoms with Crippen molar-refractivity contribution in [3.05, 3.63) is 40.6 Å². The Labute approximate surface area is 104 Å². The van der Waals surface area contributed by atoms with Crippen LogP contribution in [0, 0.1) is 0 Å². The summed E-state index contributed by atoms with van der Waals surface area (Å²) in [5.74, 6) is -0.208. The normalized spacial score (nSPS) is 11.7. The van der Waals surface area contributed by atoms with Gasteiger partial charge in [-0.3, -0.25) is 0 Å². The van der Waals surface area contributed by atoms with Crippen LogP contribution >= 0.6 is 23.2 Å². The molecule has 0 amide bonds. The van der Waals surface area contributed by atoms with E-state index in [1.165, 1.54) is 0 Å². The largest absolute Gasteiger partial charge is 0.462 e. The molecule has 0 unspecified atom stereocenters. The Bertz CT molecular complexity index is 387. The van der Waals surface area contributed by atoms with Gasteiger partial charge in [-0.25, -0.2) is 4.79 Å². The van der Waals surface area contributed by atoms with E-state index in [1.54, 1.807) is 31.2 Å². The number of carbonyl (C=O) groups is 1. The van der Waals surface area contributed by atoms with Gasteiger partial charge in [-0.05, 0) is 30.7 Å². The third-order valence-electron chi connectivity index (χ3n) is 1.58. The predicted molar refractivity (Wildman–Crippen MR) is 62.4 cm³/mol. The van der Waals surface area contributed by atoms with Gasteiger partial charge in [0.05, 0.1) is 6.61 Å². The Morgan fingerprint density at radius 2 is 1.88 bits per heavy atom. The third-order valence-corrected chi connectivity index (χ3v) is 2.27. The lowest BCUT2D eigenvalue weighted by Gasteiger charge is -2.05. The highest BCUT2D eigenvalue weighted by Crippen LogP contribution is 2.20. The van der Waals surface area contributed by atoms with Crippen LogP contribution in [-0.4, -0.2) is 12.6 Å². The van der Waals surface area contributed by atoms with Gasteiger partial charge in [-0.15, -0.1) is 0 Å². The zero-order valence-corrected chi connectivity index (χ0v) is 10.1. The third kappa shape index (κ3) is 3.76. The van der Waals surface area contributed by atoms with Crippen LogP contribution in [0.15, 0.2) is 40.6 Å². The minimum Gasteiger partial charge on any atom is -0.462 e. The molecule has 0 heterocycles. The Balaban J connectivity index is 2.73. The van der Waals surface area contributed by atoms with Gasteiger partial charge in [0.15, 0.2) is 5.03 Å². The highest BCUT2D eigenvalue weighted by Gasteiger charge is 2.14. The van der Waals surface area contributed by atoms with Crippen LogP contribution in [0.25, 0.3) is 0 Å². The average Bonchev–Trinajstić information content (AvgIpc) is 2.29. The summed E-state index contributed by atoms with van der Waals surface area (Å²) in [6, 6.07) is 8.77. The van der Waals surface area contributed by atoms with Crippen LogP contribution in [0.3, 0.4) is 0 Å². The molecule has 1 rings (SSSR count). The van der Waals surface area contributed by atoms with Crippen LogP contribution in [0.1, 0.15) is 6.92 Å². The number of halogens is 2. The van der Waals surface area contributed by atoms with E-state index in [2.05, 4.69) is 4.74 Å². The molecule has 0 aliphatic rings. The Morgan fingerprint density at radius 1 is 1.25 bits per heavy atom. The van der Waals surface area contributed by atoms with E-state index >= 15 is 0 Å². The van der Waals surface area contributed by atoms with E-state index in [1.807, 2.05) is 6.07 Å². The van der Waals surface area contributed by atoms with Crippen molar-refractivity contribution in [2.24, 2.45) is 0 Å². The molecule has 0 aliphatic heterocycles. The minimum atomic E-state index is -0.704. The van der Waals surface area contributed by atoms with Gasteiger partial charge in [-0.2, -0.15) is 0 Å². The molecule has 0 atom stereocenters. The fraction of sp³-hybridized carbons (Fsp3) is 0.182. The lowest BCUT2D eigenvalue weighted by atomic mass is 10.3. The molecular weight excluding hydrogens is 251 g/mol. The zero-order chi connectivity index (χ0) is 12.0. The molecule has 0 radical (unpaired) electrons. The molecule has 0 N–H and O–H groups in total. The van der Waals surface area contributed by atoms with E-state index in [0.717, 1.165) is 0 Å². The smallest absolute Gasteiger partial charge is 0.354 e. The molecule has 5 heteroatoms. The van der Waals surface area contributed by atoms with Crippen molar-refractivity contribution in [2.45, 2.75) is 6.92 Å². The van der Waals surface area contributed by atoms with Crippen molar-refractivity contribution in [1.29, 1.82) is 0 Å². The summed E-state index contributed by atoms with van der Waals surface area (Å²) in [6.07, 6.45) is 0. The molecule has 0 saturated heterocycles. The molecule has 1 aromatic carbocycles. The molecule has 3 nitrogen and oxygen atoms in total. The second-order valence-electron chi connectivity index (χ2n) is 2.72. The van der Waals surface area contributed by atoms with Gasteiger partial charge < -0.3 is 9.47 Å². The minimum absolute atomic E-state index is 0.202. The van der Waals surface area contributed by atoms with Crippen molar-refractivity contribution in [1.82, 2.24) is 0 Å². The number of benzene rings is 1. The molecule has 86 valence electrons. The second kappa shape index (κ2) is 6.40. The van der Waals surface area contributed by atoms with Crippen molar-refractivity contribution in [3.63, 3.8) is 0 Å². The number of hydrogen-bond acceptors (Lipinski definition) is 3. The maximum absolute atomic E-state index is 11.2. The van der Waals surface area contributed by atoms with Gasteiger partial charge in [-0.1, -0.05) is 29.8 Å². The Kier molecular flexibility index (Phi) is 5.15. The Morgan fingerprint density at radius 3 is 2.44 bits per heavy atom. The maximum Gasteiger partial charge on any atom is 0.354 e. The van der Waals surface area contributed by atoms with Crippen LogP contribution in [0.2, 0.25) is 0 Å². The van der Waals surface area contributed by atoms with Crippen LogP contribution in [-0.2, 0) is 9.53 Å². The molecule has 0 aliphatic carbocycles. The quantitative estimate of drug-likeness (QED) is 0.474. The lowest BCUT2D eigenvalue weighted by molar-refractivity contribution is -0.137. The molecule has 0 fully saturated rings. The highest BCUT2D eigenvalue weighted by molar-refractivity contribution is 6.46. The number of carbonyl (C=O) groups excluding carboxylic acids is 1. The summed E-state index contributed by atoms with van der Waals surface area (Å²) < 4.78 is 9.83. The van der Waals surface area contributed by atoms with Gasteiger partial charge in [0.25, 0.3) is 0 Å². The maximum atomic E-state index is 11.2. The van der Waals surface area contributed by atoms with Crippen molar-refractivity contribution >= 4 is 29.2 Å². The monoisotopic (exact) mass is 260 g/mol. The first-order chi connectivity index (χ1) is 7.65. The standard InChI is InChI=1S/C11H10Cl2O3/c1-2-15-11(14)9(12)10(13)16-8-6-4-3-5-7-8/h3-7H,2H2,1H3/b10-9-. The molecular formula is C11H10Cl2O3. The summed E-state index contributed by atoms with van der Waals surface area (Å²) in [4.78, 5) is 11.2. The van der Waals surface area contributed by atoms with Crippen LogP contribution < -0.4 is 4.74 Å². The van der Waals surface area contributed by atoms with Gasteiger partial charge in [0, 0.05) is 0 Å². The average molecular weight is 261 g/mol. The number of esters is 1. The summed E-state index contributed by atoms with van der Waals surface area (Å²) in [5.41, 5.74) is 0. The molecule has 1 aromatic rings. The topological polar surface area (TPSA) is 35.5 Å². The van der Waals surface area contributed by atoms with E-state index in [9.17, 15) is 4.79 Å². The van der Waals surface area contributed by atoms with Gasteiger partial charge >= 0.3 is 5.97 Å². The first-order valence-electron chi connectivity index (χ1n) is 4.60. The molecule has 0 saturated carbocycles. The summed E-state index contributed by atoms with van der Waals surface area (Å²) in [6.45, 7) is 1.90. The van der Waals surface area contributed by atoms with E-state index < -0.39 is 5.97 Å². The zero-order valence-electron chi connectivity index (χ0n) is 8.57. The van der Waals surface area contributed by atoms with Gasteiger partial charge in [0.1, 0.15) is 5.75 Å². The van der Waals surface area contributed by atoms with Crippen molar-refractivity contribution in [3.8, 4) is 5.75 Å².